The minimum Gasteiger partial charge on any atom is -0.481 e. The van der Waals surface area contributed by atoms with Crippen LogP contribution in [0.15, 0.2) is 30.9 Å². The van der Waals surface area contributed by atoms with Gasteiger partial charge >= 0.3 is 0 Å². The van der Waals surface area contributed by atoms with E-state index in [0.717, 1.165) is 25.2 Å². The van der Waals surface area contributed by atoms with Crippen LogP contribution < -0.4 is 10.1 Å². The Morgan fingerprint density at radius 1 is 1.44 bits per heavy atom. The molecule has 0 aliphatic rings. The zero-order valence-electron chi connectivity index (χ0n) is 10.8. The number of hydrogen-bond donors (Lipinski definition) is 1. The molecule has 96 valence electrons. The summed E-state index contributed by atoms with van der Waals surface area (Å²) in [4.78, 5) is 8.29. The Bertz CT molecular complexity index is 495. The lowest BCUT2D eigenvalue weighted by molar-refractivity contribution is 0.397. The van der Waals surface area contributed by atoms with Crippen LogP contribution in [0.2, 0.25) is 0 Å². The minimum atomic E-state index is 0.640. The zero-order chi connectivity index (χ0) is 12.8. The van der Waals surface area contributed by atoms with E-state index in [1.54, 1.807) is 13.3 Å². The summed E-state index contributed by atoms with van der Waals surface area (Å²) in [7, 11) is 1.62. The molecule has 0 saturated heterocycles. The molecule has 0 aromatic carbocycles. The Kier molecular flexibility index (Phi) is 4.30. The summed E-state index contributed by atoms with van der Waals surface area (Å²) in [5.74, 6) is 0.640. The van der Waals surface area contributed by atoms with E-state index in [0.29, 0.717) is 5.88 Å². The molecule has 2 heterocycles. The minimum absolute atomic E-state index is 0.640. The first-order valence-electron chi connectivity index (χ1n) is 6.02. The molecule has 0 amide bonds. The van der Waals surface area contributed by atoms with Gasteiger partial charge < -0.3 is 14.6 Å². The van der Waals surface area contributed by atoms with Crippen molar-refractivity contribution in [2.75, 3.05) is 13.7 Å². The Labute approximate surface area is 107 Å². The van der Waals surface area contributed by atoms with E-state index < -0.39 is 0 Å². The van der Waals surface area contributed by atoms with E-state index >= 15 is 0 Å². The van der Waals surface area contributed by atoms with Crippen molar-refractivity contribution in [3.63, 3.8) is 0 Å². The van der Waals surface area contributed by atoms with Crippen molar-refractivity contribution in [1.29, 1.82) is 0 Å². The van der Waals surface area contributed by atoms with Crippen LogP contribution in [0.5, 0.6) is 5.88 Å². The second-order valence-corrected chi connectivity index (χ2v) is 4.00. The Hall–Kier alpha value is -1.88. The third-order valence-electron chi connectivity index (χ3n) is 2.72. The summed E-state index contributed by atoms with van der Waals surface area (Å²) in [6, 6.07) is 3.93. The predicted molar refractivity (Wildman–Crippen MR) is 69.5 cm³/mol. The van der Waals surface area contributed by atoms with Gasteiger partial charge in [-0.1, -0.05) is 6.92 Å². The lowest BCUT2D eigenvalue weighted by atomic mass is 10.2. The largest absolute Gasteiger partial charge is 0.481 e. The normalized spacial score (nSPS) is 10.6. The Morgan fingerprint density at radius 3 is 3.11 bits per heavy atom. The maximum absolute atomic E-state index is 5.12. The molecule has 2 rings (SSSR count). The number of pyridine rings is 1. The molecule has 18 heavy (non-hydrogen) atoms. The summed E-state index contributed by atoms with van der Waals surface area (Å²) in [6.45, 7) is 4.65. The van der Waals surface area contributed by atoms with E-state index in [-0.39, 0.29) is 0 Å². The van der Waals surface area contributed by atoms with Crippen LogP contribution in [-0.4, -0.2) is 28.2 Å². The average molecular weight is 246 g/mol. The quantitative estimate of drug-likeness (QED) is 0.838. The molecule has 0 spiro atoms. The molecule has 2 aromatic heterocycles. The van der Waals surface area contributed by atoms with Gasteiger partial charge in [0.2, 0.25) is 5.88 Å². The third-order valence-corrected chi connectivity index (χ3v) is 2.72. The van der Waals surface area contributed by atoms with Gasteiger partial charge in [-0.25, -0.2) is 9.97 Å². The van der Waals surface area contributed by atoms with Gasteiger partial charge in [0.05, 0.1) is 19.1 Å². The number of ether oxygens (including phenoxy) is 1. The molecule has 2 aromatic rings. The van der Waals surface area contributed by atoms with E-state index in [1.165, 1.54) is 5.69 Å². The van der Waals surface area contributed by atoms with Crippen LogP contribution in [0, 0.1) is 0 Å². The fourth-order valence-corrected chi connectivity index (χ4v) is 1.75. The van der Waals surface area contributed by atoms with Gasteiger partial charge in [0.25, 0.3) is 0 Å². The van der Waals surface area contributed by atoms with Crippen LogP contribution in [-0.2, 0) is 13.1 Å². The molecule has 0 atom stereocenters. The number of aromatic nitrogens is 3. The standard InChI is InChI=1S/C13H18N4O/c1-3-14-7-12-8-15-10-17(12)9-11-4-5-16-13(6-11)18-2/h4-6,8,10,14H,3,7,9H2,1-2H3. The molecule has 0 unspecified atom stereocenters. The fraction of sp³-hybridized carbons (Fsp3) is 0.385. The highest BCUT2D eigenvalue weighted by atomic mass is 16.5. The number of nitrogens with zero attached hydrogens (tertiary/aromatic N) is 3. The summed E-state index contributed by atoms with van der Waals surface area (Å²) < 4.78 is 7.24. The van der Waals surface area contributed by atoms with Crippen LogP contribution in [0.3, 0.4) is 0 Å². The van der Waals surface area contributed by atoms with Crippen LogP contribution in [0.1, 0.15) is 18.2 Å². The van der Waals surface area contributed by atoms with Gasteiger partial charge in [-0.05, 0) is 18.2 Å². The van der Waals surface area contributed by atoms with Crippen molar-refractivity contribution in [3.05, 3.63) is 42.1 Å². The zero-order valence-corrected chi connectivity index (χ0v) is 10.8. The van der Waals surface area contributed by atoms with Crippen molar-refractivity contribution in [1.82, 2.24) is 19.9 Å². The third kappa shape index (κ3) is 3.07. The van der Waals surface area contributed by atoms with Gasteiger partial charge in [-0.3, -0.25) is 0 Å². The topological polar surface area (TPSA) is 52.0 Å². The SMILES string of the molecule is CCNCc1cncn1Cc1ccnc(OC)c1. The van der Waals surface area contributed by atoms with Crippen molar-refractivity contribution >= 4 is 0 Å². The molecule has 0 fully saturated rings. The highest BCUT2D eigenvalue weighted by Crippen LogP contribution is 2.11. The molecule has 0 aliphatic carbocycles. The number of hydrogen-bond acceptors (Lipinski definition) is 4. The van der Waals surface area contributed by atoms with E-state index in [2.05, 4.69) is 26.8 Å². The number of nitrogens with one attached hydrogen (secondary N) is 1. The van der Waals surface area contributed by atoms with Crippen molar-refractivity contribution < 1.29 is 4.74 Å². The molecule has 5 nitrogen and oxygen atoms in total. The van der Waals surface area contributed by atoms with E-state index in [4.69, 9.17) is 4.74 Å². The number of rotatable bonds is 6. The van der Waals surface area contributed by atoms with E-state index in [1.807, 2.05) is 24.7 Å². The van der Waals surface area contributed by atoms with Gasteiger partial charge in [0, 0.05) is 31.5 Å². The summed E-state index contributed by atoms with van der Waals surface area (Å²) in [5.41, 5.74) is 2.32. The number of methoxy groups -OCH3 is 1. The van der Waals surface area contributed by atoms with Crippen molar-refractivity contribution in [2.45, 2.75) is 20.0 Å². The second-order valence-electron chi connectivity index (χ2n) is 4.00. The summed E-state index contributed by atoms with van der Waals surface area (Å²) in [6.07, 6.45) is 5.50. The number of imidazole rings is 1. The smallest absolute Gasteiger partial charge is 0.213 e. The fourth-order valence-electron chi connectivity index (χ4n) is 1.75. The Morgan fingerprint density at radius 2 is 2.33 bits per heavy atom. The first-order chi connectivity index (χ1) is 8.83. The predicted octanol–water partition coefficient (Wildman–Crippen LogP) is 1.44. The lowest BCUT2D eigenvalue weighted by Crippen LogP contribution is -2.15. The molecular weight excluding hydrogens is 228 g/mol. The van der Waals surface area contributed by atoms with Crippen LogP contribution in [0.4, 0.5) is 0 Å². The van der Waals surface area contributed by atoms with Gasteiger partial charge in [0.1, 0.15) is 0 Å². The highest BCUT2D eigenvalue weighted by molar-refractivity contribution is 5.21. The van der Waals surface area contributed by atoms with Gasteiger partial charge in [-0.2, -0.15) is 0 Å². The molecule has 0 aliphatic heterocycles. The van der Waals surface area contributed by atoms with Crippen molar-refractivity contribution in [3.8, 4) is 5.88 Å². The first kappa shape index (κ1) is 12.6. The molecule has 5 heteroatoms. The van der Waals surface area contributed by atoms with E-state index in [9.17, 15) is 0 Å². The van der Waals surface area contributed by atoms with Crippen LogP contribution in [0.25, 0.3) is 0 Å². The monoisotopic (exact) mass is 246 g/mol. The van der Waals surface area contributed by atoms with Gasteiger partial charge in [-0.15, -0.1) is 0 Å². The summed E-state index contributed by atoms with van der Waals surface area (Å²) >= 11 is 0. The summed E-state index contributed by atoms with van der Waals surface area (Å²) in [5, 5.41) is 3.30. The lowest BCUT2D eigenvalue weighted by Gasteiger charge is -2.09. The highest BCUT2D eigenvalue weighted by Gasteiger charge is 2.03. The maximum atomic E-state index is 5.12. The molecular formula is C13H18N4O. The maximum Gasteiger partial charge on any atom is 0.213 e. The Balaban J connectivity index is 2.10. The first-order valence-corrected chi connectivity index (χ1v) is 6.02. The molecule has 0 bridgehead atoms. The molecule has 0 radical (unpaired) electrons. The second kappa shape index (κ2) is 6.16. The molecule has 1 N–H and O–H groups in total. The van der Waals surface area contributed by atoms with Crippen molar-refractivity contribution in [2.24, 2.45) is 0 Å². The molecule has 0 saturated carbocycles. The van der Waals surface area contributed by atoms with Gasteiger partial charge in [0.15, 0.2) is 0 Å². The average Bonchev–Trinajstić information content (AvgIpc) is 2.84. The van der Waals surface area contributed by atoms with Crippen LogP contribution >= 0.6 is 0 Å².